The minimum absolute atomic E-state index is 0.0128. The molecule has 80 valence electrons. The van der Waals surface area contributed by atoms with Crippen molar-refractivity contribution in [1.29, 1.82) is 0 Å². The highest BCUT2D eigenvalue weighted by molar-refractivity contribution is 6.05. The van der Waals surface area contributed by atoms with Crippen LogP contribution in [-0.4, -0.2) is 26.5 Å². The molecule has 0 bridgehead atoms. The Morgan fingerprint density at radius 2 is 1.88 bits per heavy atom. The molecule has 0 aliphatic carbocycles. The Labute approximate surface area is 91.0 Å². The Bertz CT molecular complexity index is 532. The maximum absolute atomic E-state index is 11.9. The number of nitrogens with zero attached hydrogens (tertiary/aromatic N) is 2. The van der Waals surface area contributed by atoms with E-state index in [0.29, 0.717) is 0 Å². The summed E-state index contributed by atoms with van der Waals surface area (Å²) in [5.41, 5.74) is 0.134. The van der Waals surface area contributed by atoms with Crippen molar-refractivity contribution < 1.29 is 14.7 Å². The molecule has 2 rings (SSSR count). The van der Waals surface area contributed by atoms with Gasteiger partial charge in [0.1, 0.15) is 6.33 Å². The van der Waals surface area contributed by atoms with Gasteiger partial charge in [0.25, 0.3) is 5.91 Å². The van der Waals surface area contributed by atoms with Gasteiger partial charge in [0.15, 0.2) is 0 Å². The average Bonchev–Trinajstić information content (AvgIpc) is 2.81. The van der Waals surface area contributed by atoms with Crippen molar-refractivity contribution in [3.63, 3.8) is 0 Å². The van der Waals surface area contributed by atoms with Crippen molar-refractivity contribution in [2.24, 2.45) is 0 Å². The zero-order chi connectivity index (χ0) is 11.5. The Morgan fingerprint density at radius 1 is 1.19 bits per heavy atom. The first kappa shape index (κ1) is 10.1. The summed E-state index contributed by atoms with van der Waals surface area (Å²) in [7, 11) is 0. The van der Waals surface area contributed by atoms with E-state index in [9.17, 15) is 9.59 Å². The van der Waals surface area contributed by atoms with Crippen LogP contribution >= 0.6 is 0 Å². The second-order valence-electron chi connectivity index (χ2n) is 3.13. The third-order valence-electron chi connectivity index (χ3n) is 2.13. The number of imidazole rings is 1. The number of rotatable bonds is 2. The quantitative estimate of drug-likeness (QED) is 0.820. The Hall–Kier alpha value is -2.43. The van der Waals surface area contributed by atoms with Gasteiger partial charge in [0, 0.05) is 12.4 Å². The summed E-state index contributed by atoms with van der Waals surface area (Å²) < 4.78 is 1.24. The SMILES string of the molecule is O=C(O)c1ccccc1C(=O)n1ccnc1. The molecule has 0 saturated carbocycles. The number of carboxylic acid groups (broad SMARTS) is 1. The average molecular weight is 216 g/mol. The molecule has 0 aliphatic rings. The summed E-state index contributed by atoms with van der Waals surface area (Å²) in [4.78, 5) is 26.5. The van der Waals surface area contributed by atoms with Crippen LogP contribution in [-0.2, 0) is 0 Å². The minimum Gasteiger partial charge on any atom is -0.478 e. The lowest BCUT2D eigenvalue weighted by Gasteiger charge is -2.04. The Morgan fingerprint density at radius 3 is 2.44 bits per heavy atom. The molecular formula is C11H8N2O3. The highest BCUT2D eigenvalue weighted by atomic mass is 16.4. The smallest absolute Gasteiger partial charge is 0.336 e. The van der Waals surface area contributed by atoms with E-state index in [1.54, 1.807) is 12.1 Å². The van der Waals surface area contributed by atoms with Crippen LogP contribution in [0.5, 0.6) is 0 Å². The highest BCUT2D eigenvalue weighted by Crippen LogP contribution is 2.10. The molecule has 2 aromatic rings. The topological polar surface area (TPSA) is 72.2 Å². The Balaban J connectivity index is 2.49. The first-order chi connectivity index (χ1) is 7.70. The van der Waals surface area contributed by atoms with E-state index in [-0.39, 0.29) is 11.1 Å². The first-order valence-electron chi connectivity index (χ1n) is 4.55. The van der Waals surface area contributed by atoms with Crippen molar-refractivity contribution in [1.82, 2.24) is 9.55 Å². The molecule has 1 heterocycles. The van der Waals surface area contributed by atoms with Gasteiger partial charge in [-0.2, -0.15) is 0 Å². The molecule has 5 nitrogen and oxygen atoms in total. The molecular weight excluding hydrogens is 208 g/mol. The summed E-state index contributed by atoms with van der Waals surface area (Å²) in [6, 6.07) is 6.07. The van der Waals surface area contributed by atoms with E-state index in [4.69, 9.17) is 5.11 Å². The highest BCUT2D eigenvalue weighted by Gasteiger charge is 2.16. The lowest BCUT2D eigenvalue weighted by atomic mass is 10.1. The molecule has 0 radical (unpaired) electrons. The van der Waals surface area contributed by atoms with Gasteiger partial charge >= 0.3 is 5.97 Å². The minimum atomic E-state index is -1.12. The zero-order valence-corrected chi connectivity index (χ0v) is 8.20. The summed E-state index contributed by atoms with van der Waals surface area (Å²) in [5, 5.41) is 8.93. The second kappa shape index (κ2) is 3.98. The van der Waals surface area contributed by atoms with Crippen LogP contribution in [0.3, 0.4) is 0 Å². The van der Waals surface area contributed by atoms with Crippen molar-refractivity contribution in [3.05, 3.63) is 54.1 Å². The summed E-state index contributed by atoms with van der Waals surface area (Å²) >= 11 is 0. The maximum atomic E-state index is 11.9. The molecule has 0 unspecified atom stereocenters. The number of carbonyl (C=O) groups excluding carboxylic acids is 1. The standard InChI is InChI=1S/C11H8N2O3/c14-10(13-6-5-12-7-13)8-3-1-2-4-9(8)11(15)16/h1-7H,(H,15,16). The third-order valence-corrected chi connectivity index (χ3v) is 2.13. The second-order valence-corrected chi connectivity index (χ2v) is 3.13. The number of carbonyl (C=O) groups is 2. The van der Waals surface area contributed by atoms with Gasteiger partial charge in [-0.1, -0.05) is 12.1 Å². The first-order valence-corrected chi connectivity index (χ1v) is 4.55. The fourth-order valence-corrected chi connectivity index (χ4v) is 1.37. The van der Waals surface area contributed by atoms with Crippen LogP contribution in [0.1, 0.15) is 20.7 Å². The van der Waals surface area contributed by atoms with Gasteiger partial charge < -0.3 is 5.11 Å². The van der Waals surface area contributed by atoms with Crippen LogP contribution in [0.15, 0.2) is 43.0 Å². The van der Waals surface area contributed by atoms with Gasteiger partial charge in [-0.25, -0.2) is 9.78 Å². The molecule has 1 aromatic carbocycles. The lowest BCUT2D eigenvalue weighted by Crippen LogP contribution is -2.14. The van der Waals surface area contributed by atoms with Gasteiger partial charge in [-0.05, 0) is 12.1 Å². The van der Waals surface area contributed by atoms with Crippen LogP contribution in [0.2, 0.25) is 0 Å². The molecule has 1 N–H and O–H groups in total. The predicted octanol–water partition coefficient (Wildman–Crippen LogP) is 1.27. The molecule has 16 heavy (non-hydrogen) atoms. The van der Waals surface area contributed by atoms with Crippen LogP contribution in [0, 0.1) is 0 Å². The van der Waals surface area contributed by atoms with Gasteiger partial charge in [-0.15, -0.1) is 0 Å². The molecule has 1 aromatic heterocycles. The lowest BCUT2D eigenvalue weighted by molar-refractivity contribution is 0.0691. The monoisotopic (exact) mass is 216 g/mol. The van der Waals surface area contributed by atoms with E-state index in [1.165, 1.54) is 35.4 Å². The predicted molar refractivity (Wildman–Crippen MR) is 55.4 cm³/mol. The maximum Gasteiger partial charge on any atom is 0.336 e. The summed E-state index contributed by atoms with van der Waals surface area (Å²) in [6.07, 6.45) is 4.27. The molecule has 5 heteroatoms. The molecule has 0 fully saturated rings. The van der Waals surface area contributed by atoms with Crippen LogP contribution in [0.4, 0.5) is 0 Å². The number of aromatic nitrogens is 2. The largest absolute Gasteiger partial charge is 0.478 e. The van der Waals surface area contributed by atoms with Crippen LogP contribution < -0.4 is 0 Å². The van der Waals surface area contributed by atoms with Crippen molar-refractivity contribution >= 4 is 11.9 Å². The third kappa shape index (κ3) is 1.70. The normalized spacial score (nSPS) is 10.0. The van der Waals surface area contributed by atoms with Crippen molar-refractivity contribution in [3.8, 4) is 0 Å². The van der Waals surface area contributed by atoms with Crippen molar-refractivity contribution in [2.75, 3.05) is 0 Å². The molecule has 0 spiro atoms. The molecule has 0 amide bonds. The van der Waals surface area contributed by atoms with Crippen molar-refractivity contribution in [2.45, 2.75) is 0 Å². The van der Waals surface area contributed by atoms with E-state index in [0.717, 1.165) is 0 Å². The van der Waals surface area contributed by atoms with Gasteiger partial charge in [0.2, 0.25) is 0 Å². The van der Waals surface area contributed by atoms with E-state index in [2.05, 4.69) is 4.98 Å². The number of hydrogen-bond donors (Lipinski definition) is 1. The number of aromatic carboxylic acids is 1. The van der Waals surface area contributed by atoms with Crippen LogP contribution in [0.25, 0.3) is 0 Å². The Kier molecular flexibility index (Phi) is 2.51. The molecule has 0 atom stereocenters. The number of hydrogen-bond acceptors (Lipinski definition) is 3. The van der Waals surface area contributed by atoms with E-state index < -0.39 is 11.9 Å². The number of carboxylic acids is 1. The van der Waals surface area contributed by atoms with E-state index >= 15 is 0 Å². The van der Waals surface area contributed by atoms with Gasteiger partial charge in [-0.3, -0.25) is 9.36 Å². The number of benzene rings is 1. The zero-order valence-electron chi connectivity index (χ0n) is 8.20. The molecule has 0 aliphatic heterocycles. The van der Waals surface area contributed by atoms with E-state index in [1.807, 2.05) is 0 Å². The molecule has 0 saturated heterocycles. The summed E-state index contributed by atoms with van der Waals surface area (Å²) in [6.45, 7) is 0. The summed E-state index contributed by atoms with van der Waals surface area (Å²) in [5.74, 6) is -1.53. The fourth-order valence-electron chi connectivity index (χ4n) is 1.37. The fraction of sp³-hybridized carbons (Fsp3) is 0. The van der Waals surface area contributed by atoms with Gasteiger partial charge in [0.05, 0.1) is 11.1 Å².